The fraction of sp³-hybridized carbons (Fsp3) is 0.320. The summed E-state index contributed by atoms with van der Waals surface area (Å²) in [5.41, 5.74) is 2.64. The zero-order valence-corrected chi connectivity index (χ0v) is 19.4. The maximum atomic E-state index is 12.7. The van der Waals surface area contributed by atoms with E-state index in [0.29, 0.717) is 37.5 Å². The van der Waals surface area contributed by atoms with E-state index in [1.54, 1.807) is 0 Å². The van der Waals surface area contributed by atoms with Crippen LogP contribution < -0.4 is 15.4 Å². The number of carbonyl (C=O) groups is 1. The van der Waals surface area contributed by atoms with Gasteiger partial charge in [-0.3, -0.25) is 4.79 Å². The van der Waals surface area contributed by atoms with Crippen LogP contribution in [0.4, 0.5) is 5.82 Å². The van der Waals surface area contributed by atoms with E-state index in [1.807, 2.05) is 54.6 Å². The number of nitrogens with zero attached hydrogens (tertiary/aromatic N) is 2. The van der Waals surface area contributed by atoms with E-state index >= 15 is 0 Å². The van der Waals surface area contributed by atoms with E-state index in [2.05, 4.69) is 41.4 Å². The molecule has 3 aromatic rings. The average Bonchev–Trinajstić information content (AvgIpc) is 2.77. The molecule has 0 spiro atoms. The van der Waals surface area contributed by atoms with E-state index in [0.717, 1.165) is 16.9 Å². The molecule has 32 heavy (non-hydrogen) atoms. The van der Waals surface area contributed by atoms with Gasteiger partial charge in [-0.05, 0) is 46.7 Å². The third kappa shape index (κ3) is 7.54. The molecule has 0 saturated carbocycles. The normalized spacial score (nSPS) is 11.1. The number of anilines is 1. The van der Waals surface area contributed by atoms with Crippen LogP contribution in [-0.4, -0.2) is 29.0 Å². The van der Waals surface area contributed by atoms with Gasteiger partial charge in [0.05, 0.1) is 0 Å². The van der Waals surface area contributed by atoms with Crippen LogP contribution in [0.2, 0.25) is 5.28 Å². The van der Waals surface area contributed by atoms with Crippen molar-refractivity contribution in [2.75, 3.05) is 18.4 Å². The van der Waals surface area contributed by atoms with Gasteiger partial charge in [-0.1, -0.05) is 63.2 Å². The van der Waals surface area contributed by atoms with Gasteiger partial charge in [-0.15, -0.1) is 0 Å². The number of benzene rings is 2. The fourth-order valence-electron chi connectivity index (χ4n) is 2.92. The van der Waals surface area contributed by atoms with Crippen LogP contribution in [0, 0.1) is 5.41 Å². The number of ether oxygens (including phenoxy) is 1. The Morgan fingerprint density at radius 2 is 1.75 bits per heavy atom. The molecule has 2 N–H and O–H groups in total. The third-order valence-corrected chi connectivity index (χ3v) is 4.84. The first-order valence-corrected chi connectivity index (χ1v) is 11.0. The van der Waals surface area contributed by atoms with Crippen molar-refractivity contribution in [1.29, 1.82) is 0 Å². The van der Waals surface area contributed by atoms with Crippen LogP contribution in [0.15, 0.2) is 60.8 Å². The number of rotatable bonds is 9. The highest BCUT2D eigenvalue weighted by Gasteiger charge is 2.17. The van der Waals surface area contributed by atoms with Gasteiger partial charge in [0.2, 0.25) is 5.28 Å². The van der Waals surface area contributed by atoms with Gasteiger partial charge < -0.3 is 15.4 Å². The minimum atomic E-state index is -0.235. The lowest BCUT2D eigenvalue weighted by Crippen LogP contribution is -2.28. The highest BCUT2D eigenvalue weighted by atomic mass is 35.5. The molecule has 1 amide bonds. The molecule has 1 aromatic heterocycles. The first kappa shape index (κ1) is 23.5. The molecule has 7 heteroatoms. The molecule has 6 nitrogen and oxygen atoms in total. The molecule has 0 bridgehead atoms. The summed E-state index contributed by atoms with van der Waals surface area (Å²) in [5.74, 6) is 1.02. The summed E-state index contributed by atoms with van der Waals surface area (Å²) in [6, 6.07) is 18.0. The molecular formula is C25H29ClN4O2. The van der Waals surface area contributed by atoms with Crippen LogP contribution in [0.5, 0.6) is 5.75 Å². The van der Waals surface area contributed by atoms with Gasteiger partial charge in [-0.2, -0.15) is 4.98 Å². The van der Waals surface area contributed by atoms with Crippen LogP contribution >= 0.6 is 11.6 Å². The minimum absolute atomic E-state index is 0.0299. The summed E-state index contributed by atoms with van der Waals surface area (Å²) in [6.07, 6.45) is 2.15. The summed E-state index contributed by atoms with van der Waals surface area (Å²) in [7, 11) is 0. The number of nitrogens with one attached hydrogen (secondary N) is 2. The predicted molar refractivity (Wildman–Crippen MR) is 128 cm³/mol. The van der Waals surface area contributed by atoms with Crippen molar-refractivity contribution >= 4 is 23.3 Å². The molecule has 0 unspecified atom stereocenters. The first-order chi connectivity index (χ1) is 15.3. The molecule has 0 fully saturated rings. The molecule has 0 saturated heterocycles. The summed E-state index contributed by atoms with van der Waals surface area (Å²) < 4.78 is 5.82. The Balaban J connectivity index is 1.50. The maximum Gasteiger partial charge on any atom is 0.256 e. The van der Waals surface area contributed by atoms with Gasteiger partial charge in [0.15, 0.2) is 0 Å². The lowest BCUT2D eigenvalue weighted by molar-refractivity contribution is 0.0954. The van der Waals surface area contributed by atoms with Crippen molar-refractivity contribution in [2.24, 2.45) is 5.41 Å². The number of amides is 1. The predicted octanol–water partition coefficient (Wildman–Crippen LogP) is 5.14. The Morgan fingerprint density at radius 1 is 1.03 bits per heavy atom. The highest BCUT2D eigenvalue weighted by Crippen LogP contribution is 2.19. The van der Waals surface area contributed by atoms with Crippen LogP contribution in [0.1, 0.15) is 42.3 Å². The monoisotopic (exact) mass is 452 g/mol. The lowest BCUT2D eigenvalue weighted by atomic mass is 9.97. The van der Waals surface area contributed by atoms with Crippen molar-refractivity contribution in [3.05, 3.63) is 82.8 Å². The van der Waals surface area contributed by atoms with E-state index in [-0.39, 0.29) is 16.6 Å². The number of hydrogen-bond donors (Lipinski definition) is 2. The van der Waals surface area contributed by atoms with Crippen molar-refractivity contribution in [3.8, 4) is 5.75 Å². The summed E-state index contributed by atoms with van der Waals surface area (Å²) in [6.45, 7) is 7.97. The second kappa shape index (κ2) is 11.0. The second-order valence-electron chi connectivity index (χ2n) is 8.74. The number of hydrogen-bond acceptors (Lipinski definition) is 5. The summed E-state index contributed by atoms with van der Waals surface area (Å²) in [4.78, 5) is 20.8. The van der Waals surface area contributed by atoms with Crippen molar-refractivity contribution in [2.45, 2.75) is 33.8 Å². The van der Waals surface area contributed by atoms with Crippen molar-refractivity contribution in [1.82, 2.24) is 15.3 Å². The Hall–Kier alpha value is -3.12. The molecule has 168 valence electrons. The largest absolute Gasteiger partial charge is 0.489 e. The Bertz CT molecular complexity index is 1020. The minimum Gasteiger partial charge on any atom is -0.489 e. The van der Waals surface area contributed by atoms with Gasteiger partial charge in [-0.25, -0.2) is 4.98 Å². The van der Waals surface area contributed by atoms with Crippen molar-refractivity contribution in [3.63, 3.8) is 0 Å². The zero-order valence-electron chi connectivity index (χ0n) is 18.7. The SMILES string of the molecule is CC(C)(C)CNc1nc(Cl)ncc1C(=O)NCCc1ccc(OCc2ccccc2)cc1. The standard InChI is InChI=1S/C25H29ClN4O2/c1-25(2,3)17-29-22-21(15-28-24(26)30-22)23(31)27-14-13-18-9-11-20(12-10-18)32-16-19-7-5-4-6-8-19/h4-12,15H,13-14,16-17H2,1-3H3,(H,27,31)(H,28,29,30). The molecule has 0 radical (unpaired) electrons. The third-order valence-electron chi connectivity index (χ3n) is 4.66. The average molecular weight is 453 g/mol. The fourth-order valence-corrected chi connectivity index (χ4v) is 3.05. The Kier molecular flexibility index (Phi) is 8.06. The molecule has 0 aliphatic heterocycles. The summed E-state index contributed by atoms with van der Waals surface area (Å²) >= 11 is 5.92. The maximum absolute atomic E-state index is 12.7. The van der Waals surface area contributed by atoms with E-state index in [4.69, 9.17) is 16.3 Å². The van der Waals surface area contributed by atoms with E-state index < -0.39 is 0 Å². The van der Waals surface area contributed by atoms with Crippen LogP contribution in [0.3, 0.4) is 0 Å². The molecule has 0 aliphatic rings. The molecular weight excluding hydrogens is 424 g/mol. The molecule has 0 atom stereocenters. The molecule has 2 aromatic carbocycles. The topological polar surface area (TPSA) is 76.1 Å². The summed E-state index contributed by atoms with van der Waals surface area (Å²) in [5, 5.41) is 6.24. The molecule has 0 aliphatic carbocycles. The smallest absolute Gasteiger partial charge is 0.256 e. The van der Waals surface area contributed by atoms with Crippen molar-refractivity contribution < 1.29 is 9.53 Å². The van der Waals surface area contributed by atoms with Gasteiger partial charge >= 0.3 is 0 Å². The molecule has 3 rings (SSSR count). The van der Waals surface area contributed by atoms with E-state index in [1.165, 1.54) is 6.20 Å². The zero-order chi connectivity index (χ0) is 23.0. The highest BCUT2D eigenvalue weighted by molar-refractivity contribution is 6.28. The van der Waals surface area contributed by atoms with Gasteiger partial charge in [0.25, 0.3) is 5.91 Å². The second-order valence-corrected chi connectivity index (χ2v) is 9.08. The number of carbonyl (C=O) groups excluding carboxylic acids is 1. The Labute approximate surface area is 194 Å². The first-order valence-electron chi connectivity index (χ1n) is 10.6. The quantitative estimate of drug-likeness (QED) is 0.439. The van der Waals surface area contributed by atoms with Crippen LogP contribution in [-0.2, 0) is 13.0 Å². The van der Waals surface area contributed by atoms with Crippen LogP contribution in [0.25, 0.3) is 0 Å². The number of halogens is 1. The Morgan fingerprint density at radius 3 is 2.44 bits per heavy atom. The van der Waals surface area contributed by atoms with Gasteiger partial charge in [0, 0.05) is 19.3 Å². The number of aromatic nitrogens is 2. The van der Waals surface area contributed by atoms with E-state index in [9.17, 15) is 4.79 Å². The molecule has 1 heterocycles. The van der Waals surface area contributed by atoms with Gasteiger partial charge in [0.1, 0.15) is 23.7 Å². The lowest BCUT2D eigenvalue weighted by Gasteiger charge is -2.20.